The van der Waals surface area contributed by atoms with Crippen LogP contribution in [0.5, 0.6) is 0 Å². The van der Waals surface area contributed by atoms with Crippen LogP contribution in [0, 0.1) is 0 Å². The van der Waals surface area contributed by atoms with Gasteiger partial charge >= 0.3 is 6.09 Å². The van der Waals surface area contributed by atoms with Crippen LogP contribution in [-0.2, 0) is 9.53 Å². The lowest BCUT2D eigenvalue weighted by Crippen LogP contribution is -2.36. The minimum Gasteiger partial charge on any atom is -0.453 e. The predicted octanol–water partition coefficient (Wildman–Crippen LogP) is 1.32. The molecule has 0 aromatic rings. The van der Waals surface area contributed by atoms with E-state index in [-0.39, 0.29) is 24.1 Å². The number of carbonyl (C=O) groups excluding carboxylic acids is 2. The van der Waals surface area contributed by atoms with Crippen molar-refractivity contribution in [3.05, 3.63) is 0 Å². The number of methoxy groups -OCH3 is 1. The third-order valence-electron chi connectivity index (χ3n) is 1.62. The first kappa shape index (κ1) is 12.2. The van der Waals surface area contributed by atoms with Crippen molar-refractivity contribution < 1.29 is 14.3 Å². The molecule has 0 radical (unpaired) electrons. The topological polar surface area (TPSA) is 55.4 Å². The average molecular weight is 208 g/mol. The number of rotatable bonds is 5. The van der Waals surface area contributed by atoms with Gasteiger partial charge in [-0.25, -0.2) is 4.79 Å². The van der Waals surface area contributed by atoms with Crippen LogP contribution in [0.3, 0.4) is 0 Å². The SMILES string of the molecule is CCC(CC(=O)CCl)NC(=O)OC. The van der Waals surface area contributed by atoms with E-state index in [4.69, 9.17) is 11.6 Å². The van der Waals surface area contributed by atoms with Crippen LogP contribution in [0.1, 0.15) is 19.8 Å². The van der Waals surface area contributed by atoms with Crippen molar-refractivity contribution in [3.8, 4) is 0 Å². The minimum absolute atomic E-state index is 0.0145. The molecule has 13 heavy (non-hydrogen) atoms. The maximum absolute atomic E-state index is 10.9. The van der Waals surface area contributed by atoms with Crippen molar-refractivity contribution in [1.29, 1.82) is 0 Å². The second-order valence-corrected chi connectivity index (χ2v) is 2.88. The average Bonchev–Trinajstić information content (AvgIpc) is 2.16. The molecule has 0 fully saturated rings. The zero-order valence-electron chi connectivity index (χ0n) is 7.80. The summed E-state index contributed by atoms with van der Waals surface area (Å²) in [6, 6.07) is -0.182. The molecule has 0 aliphatic heterocycles. The maximum Gasteiger partial charge on any atom is 0.407 e. The number of ether oxygens (including phenoxy) is 1. The molecule has 1 unspecified atom stereocenters. The normalized spacial score (nSPS) is 11.9. The van der Waals surface area contributed by atoms with E-state index >= 15 is 0 Å². The minimum atomic E-state index is -0.519. The number of halogens is 1. The molecule has 4 nitrogen and oxygen atoms in total. The van der Waals surface area contributed by atoms with Crippen LogP contribution in [0.25, 0.3) is 0 Å². The molecule has 0 saturated carbocycles. The highest BCUT2D eigenvalue weighted by Gasteiger charge is 2.13. The van der Waals surface area contributed by atoms with Crippen molar-refractivity contribution in [2.45, 2.75) is 25.8 Å². The van der Waals surface area contributed by atoms with Crippen LogP contribution in [0.15, 0.2) is 0 Å². The third-order valence-corrected chi connectivity index (χ3v) is 1.92. The van der Waals surface area contributed by atoms with Crippen molar-refractivity contribution in [2.75, 3.05) is 13.0 Å². The number of alkyl carbamates (subject to hydrolysis) is 1. The number of hydrogen-bond acceptors (Lipinski definition) is 3. The van der Waals surface area contributed by atoms with Gasteiger partial charge in [0.25, 0.3) is 0 Å². The Kier molecular flexibility index (Phi) is 6.32. The molecule has 0 bridgehead atoms. The van der Waals surface area contributed by atoms with Gasteiger partial charge in [0.1, 0.15) is 5.78 Å². The van der Waals surface area contributed by atoms with Gasteiger partial charge in [0, 0.05) is 12.5 Å². The van der Waals surface area contributed by atoms with E-state index in [9.17, 15) is 9.59 Å². The van der Waals surface area contributed by atoms with Crippen LogP contribution in [0.4, 0.5) is 4.79 Å². The van der Waals surface area contributed by atoms with E-state index in [0.717, 1.165) is 0 Å². The summed E-state index contributed by atoms with van der Waals surface area (Å²) in [6.45, 7) is 1.88. The summed E-state index contributed by atoms with van der Waals surface area (Å²) in [6.07, 6.45) is 0.418. The summed E-state index contributed by atoms with van der Waals surface area (Å²) < 4.78 is 4.40. The Bertz CT molecular complexity index is 166. The zero-order valence-corrected chi connectivity index (χ0v) is 8.56. The molecule has 1 N–H and O–H groups in total. The first-order chi connectivity index (χ1) is 6.13. The highest BCUT2D eigenvalue weighted by atomic mass is 35.5. The van der Waals surface area contributed by atoms with Crippen molar-refractivity contribution in [1.82, 2.24) is 5.32 Å². The Hall–Kier alpha value is -0.770. The van der Waals surface area contributed by atoms with Gasteiger partial charge in [-0.3, -0.25) is 4.79 Å². The number of Topliss-reactive ketones (excluding diaryl/α,β-unsaturated/α-hetero) is 1. The number of hydrogen-bond donors (Lipinski definition) is 1. The lowest BCUT2D eigenvalue weighted by Gasteiger charge is -2.14. The lowest BCUT2D eigenvalue weighted by molar-refractivity contribution is -0.117. The maximum atomic E-state index is 10.9. The fourth-order valence-electron chi connectivity index (χ4n) is 0.852. The van der Waals surface area contributed by atoms with Gasteiger partial charge in [0.05, 0.1) is 13.0 Å². The van der Waals surface area contributed by atoms with Crippen molar-refractivity contribution >= 4 is 23.5 Å². The van der Waals surface area contributed by atoms with Gasteiger partial charge in [0.2, 0.25) is 0 Å². The summed E-state index contributed by atoms with van der Waals surface area (Å²) in [5, 5.41) is 2.54. The Labute approximate surface area is 82.6 Å². The summed E-state index contributed by atoms with van der Waals surface area (Å²) >= 11 is 5.33. The largest absolute Gasteiger partial charge is 0.453 e. The van der Waals surface area contributed by atoms with Gasteiger partial charge in [-0.05, 0) is 6.42 Å². The molecule has 1 atom stereocenters. The van der Waals surface area contributed by atoms with Crippen LogP contribution in [0.2, 0.25) is 0 Å². The van der Waals surface area contributed by atoms with Gasteiger partial charge in [-0.1, -0.05) is 6.92 Å². The molecular weight excluding hydrogens is 194 g/mol. The molecule has 0 heterocycles. The van der Waals surface area contributed by atoms with E-state index in [1.165, 1.54) is 7.11 Å². The zero-order chi connectivity index (χ0) is 10.3. The fraction of sp³-hybridized carbons (Fsp3) is 0.750. The summed E-state index contributed by atoms with van der Waals surface area (Å²) in [5.74, 6) is -0.0933. The van der Waals surface area contributed by atoms with Gasteiger partial charge in [0.15, 0.2) is 0 Å². The highest BCUT2D eigenvalue weighted by molar-refractivity contribution is 6.27. The van der Waals surface area contributed by atoms with Crippen LogP contribution >= 0.6 is 11.6 Å². The van der Waals surface area contributed by atoms with E-state index < -0.39 is 6.09 Å². The Morgan fingerprint density at radius 3 is 2.54 bits per heavy atom. The first-order valence-electron chi connectivity index (χ1n) is 4.06. The third kappa shape index (κ3) is 5.47. The summed E-state index contributed by atoms with van der Waals surface area (Å²) in [7, 11) is 1.28. The van der Waals surface area contributed by atoms with E-state index in [2.05, 4.69) is 10.1 Å². The van der Waals surface area contributed by atoms with Gasteiger partial charge < -0.3 is 10.1 Å². The smallest absolute Gasteiger partial charge is 0.407 e. The molecule has 0 saturated heterocycles. The molecule has 0 aromatic carbocycles. The first-order valence-corrected chi connectivity index (χ1v) is 4.59. The van der Waals surface area contributed by atoms with E-state index in [1.54, 1.807) is 0 Å². The number of ketones is 1. The molecule has 0 spiro atoms. The van der Waals surface area contributed by atoms with Crippen LogP contribution in [-0.4, -0.2) is 30.9 Å². The second kappa shape index (κ2) is 6.71. The van der Waals surface area contributed by atoms with Crippen LogP contribution < -0.4 is 5.32 Å². The fourth-order valence-corrected chi connectivity index (χ4v) is 0.962. The predicted molar refractivity (Wildman–Crippen MR) is 50.0 cm³/mol. The van der Waals surface area contributed by atoms with Crippen molar-refractivity contribution in [2.24, 2.45) is 0 Å². The molecule has 76 valence electrons. The number of amides is 1. The monoisotopic (exact) mass is 207 g/mol. The molecule has 1 amide bonds. The molecule has 0 rings (SSSR count). The summed E-state index contributed by atoms with van der Waals surface area (Å²) in [4.78, 5) is 21.7. The van der Waals surface area contributed by atoms with E-state index in [0.29, 0.717) is 6.42 Å². The molecular formula is C8H14ClNO3. The number of nitrogens with one attached hydrogen (secondary N) is 1. The molecule has 5 heteroatoms. The molecule has 0 aliphatic rings. The summed E-state index contributed by atoms with van der Waals surface area (Å²) in [5.41, 5.74) is 0. The number of carbonyl (C=O) groups is 2. The molecule has 0 aliphatic carbocycles. The lowest BCUT2D eigenvalue weighted by atomic mass is 10.1. The van der Waals surface area contributed by atoms with Gasteiger partial charge in [-0.2, -0.15) is 0 Å². The standard InChI is InChI=1S/C8H14ClNO3/c1-3-6(4-7(11)5-9)10-8(12)13-2/h6H,3-5H2,1-2H3,(H,10,12). The number of alkyl halides is 1. The quantitative estimate of drug-likeness (QED) is 0.692. The molecule has 0 aromatic heterocycles. The second-order valence-electron chi connectivity index (χ2n) is 2.62. The Morgan fingerprint density at radius 1 is 1.54 bits per heavy atom. The van der Waals surface area contributed by atoms with E-state index in [1.807, 2.05) is 6.92 Å². The highest BCUT2D eigenvalue weighted by Crippen LogP contribution is 2.00. The Morgan fingerprint density at radius 2 is 2.15 bits per heavy atom. The van der Waals surface area contributed by atoms with Gasteiger partial charge in [-0.15, -0.1) is 11.6 Å². The van der Waals surface area contributed by atoms with Crippen molar-refractivity contribution in [3.63, 3.8) is 0 Å². The Balaban J connectivity index is 3.89.